The van der Waals surface area contributed by atoms with E-state index in [1.54, 1.807) is 18.2 Å². The number of thiazole rings is 1. The lowest BCUT2D eigenvalue weighted by molar-refractivity contribution is -0.137. The molecule has 22 heavy (non-hydrogen) atoms. The summed E-state index contributed by atoms with van der Waals surface area (Å²) in [6.07, 6.45) is -4.49. The highest BCUT2D eigenvalue weighted by molar-refractivity contribution is 7.21. The molecule has 1 aromatic heterocycles. The van der Waals surface area contributed by atoms with E-state index >= 15 is 0 Å². The van der Waals surface area contributed by atoms with E-state index in [9.17, 15) is 13.2 Å². The Morgan fingerprint density at radius 3 is 2.59 bits per heavy atom. The number of benzene rings is 2. The van der Waals surface area contributed by atoms with Crippen LogP contribution in [-0.4, -0.2) is 12.1 Å². The average Bonchev–Trinajstić information content (AvgIpc) is 2.88. The summed E-state index contributed by atoms with van der Waals surface area (Å²) in [5.41, 5.74) is 5.43. The molecule has 0 saturated carbocycles. The topological polar surface area (TPSA) is 48.1 Å². The standard InChI is InChI=1S/C15H11F3N2OS/c1-21-9-3-5-12-13(7-9)22-14(20-12)10-4-2-8(19)6-11(10)15(16,17)18/h2-7H,19H2,1H3. The summed E-state index contributed by atoms with van der Waals surface area (Å²) in [7, 11) is 1.53. The predicted octanol–water partition coefficient (Wildman–Crippen LogP) is 4.57. The molecule has 3 rings (SSSR count). The molecule has 0 saturated heterocycles. The Morgan fingerprint density at radius 2 is 1.91 bits per heavy atom. The second-order valence-electron chi connectivity index (χ2n) is 4.66. The molecular formula is C15H11F3N2OS. The number of fused-ring (bicyclic) bond motifs is 1. The number of alkyl halides is 3. The first-order valence-electron chi connectivity index (χ1n) is 6.30. The minimum absolute atomic E-state index is 0.0295. The van der Waals surface area contributed by atoms with Crippen molar-refractivity contribution in [1.29, 1.82) is 0 Å². The lowest BCUT2D eigenvalue weighted by Gasteiger charge is -2.11. The maximum Gasteiger partial charge on any atom is 0.417 e. The van der Waals surface area contributed by atoms with Crippen LogP contribution in [0, 0.1) is 0 Å². The minimum Gasteiger partial charge on any atom is -0.497 e. The molecule has 0 aliphatic heterocycles. The number of halogens is 3. The summed E-state index contributed by atoms with van der Waals surface area (Å²) in [5.74, 6) is 0.635. The van der Waals surface area contributed by atoms with Gasteiger partial charge in [-0.3, -0.25) is 0 Å². The molecule has 0 unspecified atom stereocenters. The third-order valence-electron chi connectivity index (χ3n) is 3.18. The van der Waals surface area contributed by atoms with Gasteiger partial charge in [0.25, 0.3) is 0 Å². The predicted molar refractivity (Wildman–Crippen MR) is 81.0 cm³/mol. The minimum atomic E-state index is -4.49. The molecule has 7 heteroatoms. The molecule has 2 N–H and O–H groups in total. The van der Waals surface area contributed by atoms with Crippen molar-refractivity contribution >= 4 is 27.2 Å². The SMILES string of the molecule is COc1ccc2nc(-c3ccc(N)cc3C(F)(F)F)sc2c1. The molecule has 3 aromatic rings. The lowest BCUT2D eigenvalue weighted by Crippen LogP contribution is -2.07. The van der Waals surface area contributed by atoms with Crippen LogP contribution in [-0.2, 0) is 6.18 Å². The third-order valence-corrected chi connectivity index (χ3v) is 4.23. The Balaban J connectivity index is 2.19. The Hall–Kier alpha value is -2.28. The fraction of sp³-hybridized carbons (Fsp3) is 0.133. The van der Waals surface area contributed by atoms with Gasteiger partial charge in [0.05, 0.1) is 22.9 Å². The van der Waals surface area contributed by atoms with Gasteiger partial charge in [-0.15, -0.1) is 11.3 Å². The molecule has 0 radical (unpaired) electrons. The fourth-order valence-corrected chi connectivity index (χ4v) is 3.16. The van der Waals surface area contributed by atoms with E-state index in [1.165, 1.54) is 30.6 Å². The molecule has 0 aliphatic rings. The van der Waals surface area contributed by atoms with Crippen molar-refractivity contribution in [3.8, 4) is 16.3 Å². The quantitative estimate of drug-likeness (QED) is 0.702. The van der Waals surface area contributed by atoms with E-state index in [0.717, 1.165) is 10.8 Å². The van der Waals surface area contributed by atoms with Crippen molar-refractivity contribution in [3.05, 3.63) is 42.0 Å². The molecular weight excluding hydrogens is 313 g/mol. The number of aromatic nitrogens is 1. The second kappa shape index (κ2) is 5.17. The highest BCUT2D eigenvalue weighted by Crippen LogP contribution is 2.41. The first kappa shape index (κ1) is 14.6. The van der Waals surface area contributed by atoms with Gasteiger partial charge in [0.2, 0.25) is 0 Å². The van der Waals surface area contributed by atoms with Gasteiger partial charge in [0, 0.05) is 11.3 Å². The second-order valence-corrected chi connectivity index (χ2v) is 5.69. The smallest absolute Gasteiger partial charge is 0.417 e. The first-order valence-corrected chi connectivity index (χ1v) is 7.12. The van der Waals surface area contributed by atoms with E-state index in [2.05, 4.69) is 4.98 Å². The zero-order valence-corrected chi connectivity index (χ0v) is 12.3. The Labute approximate surface area is 128 Å². The van der Waals surface area contributed by atoms with Crippen LogP contribution in [0.2, 0.25) is 0 Å². The van der Waals surface area contributed by atoms with Crippen molar-refractivity contribution in [2.75, 3.05) is 12.8 Å². The van der Waals surface area contributed by atoms with Gasteiger partial charge in [-0.05, 0) is 36.4 Å². The van der Waals surface area contributed by atoms with Crippen LogP contribution in [0.3, 0.4) is 0 Å². The maximum absolute atomic E-state index is 13.2. The van der Waals surface area contributed by atoms with Crippen molar-refractivity contribution in [2.45, 2.75) is 6.18 Å². The summed E-state index contributed by atoms with van der Waals surface area (Å²) < 4.78 is 45.4. The van der Waals surface area contributed by atoms with Crippen molar-refractivity contribution in [1.82, 2.24) is 4.98 Å². The molecule has 0 atom stereocenters. The molecule has 3 nitrogen and oxygen atoms in total. The van der Waals surface area contributed by atoms with E-state index in [-0.39, 0.29) is 11.3 Å². The Morgan fingerprint density at radius 1 is 1.14 bits per heavy atom. The maximum atomic E-state index is 13.2. The van der Waals surface area contributed by atoms with Crippen LogP contribution < -0.4 is 10.5 Å². The van der Waals surface area contributed by atoms with Crippen molar-refractivity contribution in [3.63, 3.8) is 0 Å². The number of anilines is 1. The molecule has 2 aromatic carbocycles. The summed E-state index contributed by atoms with van der Waals surface area (Å²) in [6, 6.07) is 8.92. The number of nitrogens with zero attached hydrogens (tertiary/aromatic N) is 1. The Kier molecular flexibility index (Phi) is 3.44. The molecule has 0 aliphatic carbocycles. The monoisotopic (exact) mass is 324 g/mol. The van der Waals surface area contributed by atoms with Crippen LogP contribution >= 0.6 is 11.3 Å². The van der Waals surface area contributed by atoms with Crippen LogP contribution in [0.4, 0.5) is 18.9 Å². The molecule has 0 fully saturated rings. The fourth-order valence-electron chi connectivity index (χ4n) is 2.13. The molecule has 1 heterocycles. The van der Waals surface area contributed by atoms with Crippen LogP contribution in [0.15, 0.2) is 36.4 Å². The average molecular weight is 324 g/mol. The normalized spacial score (nSPS) is 11.8. The van der Waals surface area contributed by atoms with Gasteiger partial charge in [0.1, 0.15) is 10.8 Å². The van der Waals surface area contributed by atoms with Gasteiger partial charge in [0.15, 0.2) is 0 Å². The van der Waals surface area contributed by atoms with Crippen LogP contribution in [0.25, 0.3) is 20.8 Å². The summed E-state index contributed by atoms with van der Waals surface area (Å²) >= 11 is 1.18. The Bertz CT molecular complexity index is 842. The van der Waals surface area contributed by atoms with Gasteiger partial charge in [-0.25, -0.2) is 4.98 Å². The largest absolute Gasteiger partial charge is 0.497 e. The number of ether oxygens (including phenoxy) is 1. The van der Waals surface area contributed by atoms with Gasteiger partial charge in [-0.1, -0.05) is 0 Å². The van der Waals surface area contributed by atoms with Crippen molar-refractivity contribution in [2.24, 2.45) is 0 Å². The molecule has 0 spiro atoms. The van der Waals surface area contributed by atoms with E-state index in [4.69, 9.17) is 10.5 Å². The van der Waals surface area contributed by atoms with Crippen LogP contribution in [0.5, 0.6) is 5.75 Å². The number of hydrogen-bond donors (Lipinski definition) is 1. The van der Waals surface area contributed by atoms with Gasteiger partial charge in [-0.2, -0.15) is 13.2 Å². The zero-order valence-electron chi connectivity index (χ0n) is 11.4. The number of methoxy groups -OCH3 is 1. The molecule has 0 amide bonds. The van der Waals surface area contributed by atoms with Gasteiger partial charge >= 0.3 is 6.18 Å². The zero-order chi connectivity index (χ0) is 15.9. The highest BCUT2D eigenvalue weighted by Gasteiger charge is 2.34. The third kappa shape index (κ3) is 2.59. The van der Waals surface area contributed by atoms with Crippen LogP contribution in [0.1, 0.15) is 5.56 Å². The number of nitrogen functional groups attached to an aromatic ring is 1. The summed E-state index contributed by atoms with van der Waals surface area (Å²) in [5, 5.41) is 0.301. The van der Waals surface area contributed by atoms with E-state index in [1.807, 2.05) is 0 Å². The summed E-state index contributed by atoms with van der Waals surface area (Å²) in [6.45, 7) is 0. The molecule has 114 valence electrons. The highest BCUT2D eigenvalue weighted by atomic mass is 32.1. The van der Waals surface area contributed by atoms with E-state index < -0.39 is 11.7 Å². The molecule has 0 bridgehead atoms. The summed E-state index contributed by atoms with van der Waals surface area (Å²) in [4.78, 5) is 4.28. The van der Waals surface area contributed by atoms with Crippen molar-refractivity contribution < 1.29 is 17.9 Å². The van der Waals surface area contributed by atoms with E-state index in [0.29, 0.717) is 16.3 Å². The lowest BCUT2D eigenvalue weighted by atomic mass is 10.1. The number of nitrogens with two attached hydrogens (primary N) is 1. The van der Waals surface area contributed by atoms with Gasteiger partial charge < -0.3 is 10.5 Å². The number of rotatable bonds is 2. The first-order chi connectivity index (χ1) is 10.4. The number of hydrogen-bond acceptors (Lipinski definition) is 4.